The standard InChI is InChI=1S/C16H20N4O3/c1-8(2)14-16(21)20(7-11-9(3)19-23-10(11)4)15-12(22-14)5-6-13(17)18-15/h5-6,8,14H,7H2,1-4H3,(H2,17,18). The Morgan fingerprint density at radius 3 is 2.70 bits per heavy atom. The summed E-state index contributed by atoms with van der Waals surface area (Å²) in [6.07, 6.45) is -0.548. The molecule has 0 saturated heterocycles. The molecule has 1 aliphatic rings. The summed E-state index contributed by atoms with van der Waals surface area (Å²) in [4.78, 5) is 18.7. The number of nitrogen functional groups attached to an aromatic ring is 1. The van der Waals surface area contributed by atoms with Crippen LogP contribution in [0.5, 0.6) is 5.75 Å². The van der Waals surface area contributed by atoms with Crippen LogP contribution in [0.3, 0.4) is 0 Å². The molecule has 2 N–H and O–H groups in total. The van der Waals surface area contributed by atoms with E-state index in [4.69, 9.17) is 15.0 Å². The van der Waals surface area contributed by atoms with E-state index in [-0.39, 0.29) is 11.8 Å². The molecule has 2 aromatic heterocycles. The molecular weight excluding hydrogens is 296 g/mol. The van der Waals surface area contributed by atoms with Gasteiger partial charge in [0.25, 0.3) is 5.91 Å². The molecule has 0 radical (unpaired) electrons. The fourth-order valence-electron chi connectivity index (χ4n) is 2.64. The molecule has 2 aromatic rings. The van der Waals surface area contributed by atoms with Gasteiger partial charge in [0, 0.05) is 5.56 Å². The van der Waals surface area contributed by atoms with Crippen LogP contribution in [0.1, 0.15) is 30.9 Å². The van der Waals surface area contributed by atoms with Crippen LogP contribution in [-0.4, -0.2) is 22.2 Å². The highest BCUT2D eigenvalue weighted by Gasteiger charge is 2.38. The van der Waals surface area contributed by atoms with Crippen LogP contribution in [0.25, 0.3) is 0 Å². The lowest BCUT2D eigenvalue weighted by Gasteiger charge is -2.35. The average Bonchev–Trinajstić information content (AvgIpc) is 2.81. The Morgan fingerprint density at radius 1 is 1.35 bits per heavy atom. The maximum atomic E-state index is 12.9. The number of carbonyl (C=O) groups excluding carboxylic acids is 1. The number of nitrogens with two attached hydrogens (primary N) is 1. The Kier molecular flexibility index (Phi) is 3.71. The van der Waals surface area contributed by atoms with Gasteiger partial charge in [-0.2, -0.15) is 0 Å². The molecule has 3 heterocycles. The molecule has 1 amide bonds. The van der Waals surface area contributed by atoms with Gasteiger partial charge >= 0.3 is 0 Å². The van der Waals surface area contributed by atoms with Crippen molar-refractivity contribution >= 4 is 17.5 Å². The van der Waals surface area contributed by atoms with Crippen molar-refractivity contribution in [3.05, 3.63) is 29.2 Å². The summed E-state index contributed by atoms with van der Waals surface area (Å²) >= 11 is 0. The zero-order chi connectivity index (χ0) is 16.7. The first kappa shape index (κ1) is 15.3. The van der Waals surface area contributed by atoms with Gasteiger partial charge in [-0.15, -0.1) is 0 Å². The third-order valence-electron chi connectivity index (χ3n) is 3.98. The molecule has 7 heteroatoms. The van der Waals surface area contributed by atoms with Crippen molar-refractivity contribution in [3.8, 4) is 5.75 Å². The summed E-state index contributed by atoms with van der Waals surface area (Å²) in [5.41, 5.74) is 7.41. The summed E-state index contributed by atoms with van der Waals surface area (Å²) in [5, 5.41) is 3.95. The highest BCUT2D eigenvalue weighted by molar-refractivity contribution is 5.99. The number of fused-ring (bicyclic) bond motifs is 1. The maximum Gasteiger partial charge on any atom is 0.269 e. The zero-order valence-electron chi connectivity index (χ0n) is 13.7. The van der Waals surface area contributed by atoms with Crippen LogP contribution in [0, 0.1) is 19.8 Å². The summed E-state index contributed by atoms with van der Waals surface area (Å²) in [6, 6.07) is 3.42. The van der Waals surface area contributed by atoms with Crippen LogP contribution >= 0.6 is 0 Å². The maximum absolute atomic E-state index is 12.9. The fourth-order valence-corrected chi connectivity index (χ4v) is 2.64. The van der Waals surface area contributed by atoms with E-state index in [2.05, 4.69) is 10.1 Å². The van der Waals surface area contributed by atoms with Gasteiger partial charge in [0.1, 0.15) is 11.6 Å². The normalized spacial score (nSPS) is 17.3. The average molecular weight is 316 g/mol. The van der Waals surface area contributed by atoms with Crippen molar-refractivity contribution < 1.29 is 14.1 Å². The summed E-state index contributed by atoms with van der Waals surface area (Å²) in [5.74, 6) is 1.93. The van der Waals surface area contributed by atoms with E-state index in [1.807, 2.05) is 27.7 Å². The number of anilines is 2. The van der Waals surface area contributed by atoms with E-state index in [1.165, 1.54) is 0 Å². The van der Waals surface area contributed by atoms with Gasteiger partial charge in [-0.3, -0.25) is 9.69 Å². The second kappa shape index (κ2) is 5.57. The molecule has 23 heavy (non-hydrogen) atoms. The van der Waals surface area contributed by atoms with Crippen molar-refractivity contribution in [1.29, 1.82) is 0 Å². The smallest absolute Gasteiger partial charge is 0.269 e. The molecule has 0 spiro atoms. The highest BCUT2D eigenvalue weighted by Crippen LogP contribution is 2.36. The lowest BCUT2D eigenvalue weighted by molar-refractivity contribution is -0.128. The van der Waals surface area contributed by atoms with Crippen LogP contribution in [0.2, 0.25) is 0 Å². The number of rotatable bonds is 3. The molecule has 0 fully saturated rings. The SMILES string of the molecule is Cc1noc(C)c1CN1C(=O)C(C(C)C)Oc2ccc(N)nc21. The summed E-state index contributed by atoms with van der Waals surface area (Å²) in [6.45, 7) is 7.91. The lowest BCUT2D eigenvalue weighted by atomic mass is 10.0. The van der Waals surface area contributed by atoms with Crippen molar-refractivity contribution in [3.63, 3.8) is 0 Å². The summed E-state index contributed by atoms with van der Waals surface area (Å²) < 4.78 is 11.0. The van der Waals surface area contributed by atoms with Crippen molar-refractivity contribution in [2.75, 3.05) is 10.6 Å². The Bertz CT molecular complexity index is 734. The number of hydrogen-bond acceptors (Lipinski definition) is 6. The number of pyridine rings is 1. The van der Waals surface area contributed by atoms with Crippen molar-refractivity contribution in [1.82, 2.24) is 10.1 Å². The number of carbonyl (C=O) groups is 1. The van der Waals surface area contributed by atoms with Gasteiger partial charge in [-0.25, -0.2) is 4.98 Å². The molecule has 0 aromatic carbocycles. The minimum atomic E-state index is -0.548. The van der Waals surface area contributed by atoms with Gasteiger partial charge in [0.15, 0.2) is 17.7 Å². The van der Waals surface area contributed by atoms with Crippen molar-refractivity contribution in [2.24, 2.45) is 5.92 Å². The number of aryl methyl sites for hydroxylation is 2. The first-order valence-electron chi connectivity index (χ1n) is 7.54. The number of aromatic nitrogens is 2. The molecule has 1 atom stereocenters. The molecule has 1 aliphatic heterocycles. The van der Waals surface area contributed by atoms with E-state index in [0.717, 1.165) is 11.3 Å². The predicted molar refractivity (Wildman–Crippen MR) is 85.1 cm³/mol. The fraction of sp³-hybridized carbons (Fsp3) is 0.438. The quantitative estimate of drug-likeness (QED) is 0.933. The monoisotopic (exact) mass is 316 g/mol. The lowest BCUT2D eigenvalue weighted by Crippen LogP contribution is -2.48. The molecular formula is C16H20N4O3. The van der Waals surface area contributed by atoms with Crippen LogP contribution in [0.15, 0.2) is 16.7 Å². The molecule has 3 rings (SSSR count). The van der Waals surface area contributed by atoms with Gasteiger partial charge in [-0.05, 0) is 31.9 Å². The number of nitrogens with zero attached hydrogens (tertiary/aromatic N) is 3. The van der Waals surface area contributed by atoms with E-state index in [1.54, 1.807) is 17.0 Å². The van der Waals surface area contributed by atoms with E-state index in [9.17, 15) is 4.79 Å². The molecule has 122 valence electrons. The third kappa shape index (κ3) is 2.62. The van der Waals surface area contributed by atoms with Crippen LogP contribution < -0.4 is 15.4 Å². The zero-order valence-corrected chi connectivity index (χ0v) is 13.7. The molecule has 0 bridgehead atoms. The second-order valence-corrected chi connectivity index (χ2v) is 6.07. The van der Waals surface area contributed by atoms with Gasteiger partial charge in [-0.1, -0.05) is 19.0 Å². The number of ether oxygens (including phenoxy) is 1. The first-order chi connectivity index (χ1) is 10.9. The van der Waals surface area contributed by atoms with E-state index in [0.29, 0.717) is 29.7 Å². The Morgan fingerprint density at radius 2 is 2.09 bits per heavy atom. The topological polar surface area (TPSA) is 94.5 Å². The minimum Gasteiger partial charge on any atom is -0.476 e. The van der Waals surface area contributed by atoms with Crippen molar-refractivity contribution in [2.45, 2.75) is 40.3 Å². The molecule has 0 aliphatic carbocycles. The van der Waals surface area contributed by atoms with Gasteiger partial charge in [0.2, 0.25) is 0 Å². The van der Waals surface area contributed by atoms with Crippen LogP contribution in [-0.2, 0) is 11.3 Å². The minimum absolute atomic E-state index is 0.0420. The Labute approximate surface area is 134 Å². The Balaban J connectivity index is 2.06. The molecule has 7 nitrogen and oxygen atoms in total. The number of hydrogen-bond donors (Lipinski definition) is 1. The second-order valence-electron chi connectivity index (χ2n) is 6.07. The summed E-state index contributed by atoms with van der Waals surface area (Å²) in [7, 11) is 0. The number of amides is 1. The largest absolute Gasteiger partial charge is 0.476 e. The molecule has 0 saturated carbocycles. The molecule has 1 unspecified atom stereocenters. The third-order valence-corrected chi connectivity index (χ3v) is 3.98. The Hall–Kier alpha value is -2.57. The van der Waals surface area contributed by atoms with Gasteiger partial charge < -0.3 is 15.0 Å². The highest BCUT2D eigenvalue weighted by atomic mass is 16.5. The predicted octanol–water partition coefficient (Wildman–Crippen LogP) is 2.22. The van der Waals surface area contributed by atoms with E-state index >= 15 is 0 Å². The van der Waals surface area contributed by atoms with Crippen LogP contribution in [0.4, 0.5) is 11.6 Å². The van der Waals surface area contributed by atoms with Gasteiger partial charge in [0.05, 0.1) is 12.2 Å². The first-order valence-corrected chi connectivity index (χ1v) is 7.54. The van der Waals surface area contributed by atoms with E-state index < -0.39 is 6.10 Å².